The molecule has 0 amide bonds. The summed E-state index contributed by atoms with van der Waals surface area (Å²) < 4.78 is 0. The van der Waals surface area contributed by atoms with Gasteiger partial charge in [0, 0.05) is 6.54 Å². The van der Waals surface area contributed by atoms with Crippen LogP contribution in [0.5, 0.6) is 0 Å². The molecule has 0 radical (unpaired) electrons. The van der Waals surface area contributed by atoms with Gasteiger partial charge in [0.2, 0.25) is 0 Å². The summed E-state index contributed by atoms with van der Waals surface area (Å²) in [5.74, 6) is -1.00. The van der Waals surface area contributed by atoms with Crippen molar-refractivity contribution >= 4 is 46.5 Å². The molecule has 1 unspecified atom stereocenters. The molecule has 1 aromatic carbocycles. The summed E-state index contributed by atoms with van der Waals surface area (Å²) in [5.41, 5.74) is 1.23. The van der Waals surface area contributed by atoms with Crippen LogP contribution >= 0.6 is 40.5 Å². The van der Waals surface area contributed by atoms with Crippen molar-refractivity contribution in [3.8, 4) is 0 Å². The maximum absolute atomic E-state index is 10.8. The molecule has 0 saturated heterocycles. The maximum atomic E-state index is 10.8. The molecule has 0 fully saturated rings. The van der Waals surface area contributed by atoms with E-state index < -0.39 is 36.9 Å². The normalized spacial score (nSPS) is 24.9. The Morgan fingerprint density at radius 3 is 2.04 bits per heavy atom. The zero-order valence-electron chi connectivity index (χ0n) is 13.3. The number of hydrogen-bond acceptors (Lipinski definition) is 6. The van der Waals surface area contributed by atoms with Gasteiger partial charge in [-0.05, 0) is 23.3 Å². The predicted octanol–water partition coefficient (Wildman–Crippen LogP) is -0.804. The summed E-state index contributed by atoms with van der Waals surface area (Å²) in [4.78, 5) is 10.8. The number of aromatic carboxylic acids is 1. The van der Waals surface area contributed by atoms with Crippen LogP contribution < -0.4 is 5.32 Å². The average molecular weight is 412 g/mol. The quantitative estimate of drug-likeness (QED) is 0.350. The van der Waals surface area contributed by atoms with Crippen molar-refractivity contribution in [2.24, 2.45) is 0 Å². The largest absolute Gasteiger partial charge is 0.478 e. The molecule has 0 aliphatic heterocycles. The molecule has 25 heavy (non-hydrogen) atoms. The third-order valence-corrected chi connectivity index (χ3v) is 3.74. The molecule has 1 aliphatic rings. The highest BCUT2D eigenvalue weighted by Crippen LogP contribution is 2.20. The Morgan fingerprint density at radius 2 is 1.56 bits per heavy atom. The van der Waals surface area contributed by atoms with Crippen LogP contribution in [0, 0.1) is 0 Å². The third-order valence-electron chi connectivity index (χ3n) is 3.74. The molecule has 10 heteroatoms. The summed E-state index contributed by atoms with van der Waals surface area (Å²) in [7, 11) is 0. The fourth-order valence-corrected chi connectivity index (χ4v) is 2.37. The van der Waals surface area contributed by atoms with Crippen molar-refractivity contribution < 1.29 is 30.3 Å². The molecular weight excluding hydrogens is 386 g/mol. The molecule has 0 heterocycles. The van der Waals surface area contributed by atoms with E-state index in [0.29, 0.717) is 6.54 Å². The van der Waals surface area contributed by atoms with Crippen molar-refractivity contribution in [3.05, 3.63) is 47.0 Å². The van der Waals surface area contributed by atoms with Crippen LogP contribution in [-0.4, -0.2) is 62.5 Å². The number of hydrogen-bond donors (Lipinski definition) is 6. The molecule has 0 spiro atoms. The monoisotopic (exact) mass is 411 g/mol. The van der Waals surface area contributed by atoms with Crippen LogP contribution in [0.4, 0.5) is 0 Å². The second-order valence-electron chi connectivity index (χ2n) is 5.23. The van der Waals surface area contributed by atoms with Gasteiger partial charge in [-0.15, -0.1) is 0 Å². The smallest absolute Gasteiger partial charge is 0.335 e. The summed E-state index contributed by atoms with van der Waals surface area (Å²) in [6.07, 6.45) is -2.37. The van der Waals surface area contributed by atoms with Gasteiger partial charge in [0.05, 0.1) is 18.2 Å². The van der Waals surface area contributed by atoms with Crippen LogP contribution in [0.25, 0.3) is 0 Å². The average Bonchev–Trinajstić information content (AvgIpc) is 2.52. The van der Waals surface area contributed by atoms with Crippen molar-refractivity contribution in [1.82, 2.24) is 5.32 Å². The molecule has 0 bridgehead atoms. The molecule has 2 rings (SSSR count). The third kappa shape index (κ3) is 6.50. The van der Waals surface area contributed by atoms with E-state index in [1.54, 1.807) is 12.1 Å². The number of nitrogens with one attached hydrogen (secondary N) is 1. The maximum Gasteiger partial charge on any atom is 0.335 e. The predicted molar refractivity (Wildman–Crippen MR) is 108 cm³/mol. The molecule has 1 aliphatic carbocycles. The number of aliphatic hydroxyl groups is 4. The molecule has 0 aromatic heterocycles. The van der Waals surface area contributed by atoms with Crippen LogP contribution in [0.2, 0.25) is 0 Å². The minimum Gasteiger partial charge on any atom is -0.478 e. The highest BCUT2D eigenvalue weighted by molar-refractivity contribution is 7.59. The van der Waals surface area contributed by atoms with Gasteiger partial charge >= 0.3 is 5.97 Å². The lowest BCUT2D eigenvalue weighted by atomic mass is 9.88. The van der Waals surface area contributed by atoms with Crippen molar-refractivity contribution in [2.75, 3.05) is 6.61 Å². The zero-order valence-corrected chi connectivity index (χ0v) is 16.3. The second kappa shape index (κ2) is 11.8. The van der Waals surface area contributed by atoms with Crippen LogP contribution in [0.1, 0.15) is 15.9 Å². The van der Waals surface area contributed by atoms with Gasteiger partial charge in [-0.3, -0.25) is 0 Å². The van der Waals surface area contributed by atoms with E-state index in [-0.39, 0.29) is 51.6 Å². The Kier molecular flexibility index (Phi) is 12.5. The first-order valence-electron chi connectivity index (χ1n) is 6.85. The first kappa shape index (κ1) is 26.5. The van der Waals surface area contributed by atoms with E-state index in [9.17, 15) is 20.1 Å². The minimum atomic E-state index is -1.38. The molecule has 0 saturated carbocycles. The van der Waals surface area contributed by atoms with Crippen molar-refractivity contribution in [1.29, 1.82) is 0 Å². The van der Waals surface area contributed by atoms with Crippen molar-refractivity contribution in [2.45, 2.75) is 30.9 Å². The van der Waals surface area contributed by atoms with Gasteiger partial charge in [-0.25, -0.2) is 4.79 Å². The van der Waals surface area contributed by atoms with Crippen LogP contribution in [0.3, 0.4) is 0 Å². The molecule has 7 nitrogen and oxygen atoms in total. The molecule has 144 valence electrons. The Bertz CT molecular complexity index is 569. The fourth-order valence-electron chi connectivity index (χ4n) is 2.37. The first-order chi connectivity index (χ1) is 10.4. The SMILES string of the molecule is O=C(O)c1ccc(CN[C@H]2C=C(CO)[C@@H](O)C(O)[C@H]2O)cc1.S.S.S. The summed E-state index contributed by atoms with van der Waals surface area (Å²) in [6, 6.07) is 5.62. The number of rotatable bonds is 5. The molecule has 4 atom stereocenters. The van der Waals surface area contributed by atoms with Gasteiger partial charge in [-0.1, -0.05) is 18.2 Å². The minimum absolute atomic E-state index is 0. The summed E-state index contributed by atoms with van der Waals surface area (Å²) in [6.45, 7) is -0.0733. The Morgan fingerprint density at radius 1 is 1.00 bits per heavy atom. The van der Waals surface area contributed by atoms with E-state index in [1.807, 2.05) is 0 Å². The Labute approximate surface area is 166 Å². The lowest BCUT2D eigenvalue weighted by molar-refractivity contribution is -0.0643. The lowest BCUT2D eigenvalue weighted by Crippen LogP contribution is -2.53. The van der Waals surface area contributed by atoms with E-state index >= 15 is 0 Å². The molecule has 6 N–H and O–H groups in total. The summed E-state index contributed by atoms with van der Waals surface area (Å²) >= 11 is 0. The van der Waals surface area contributed by atoms with Crippen LogP contribution in [-0.2, 0) is 6.54 Å². The van der Waals surface area contributed by atoms with E-state index in [1.165, 1.54) is 18.2 Å². The van der Waals surface area contributed by atoms with Gasteiger partial charge in [0.25, 0.3) is 0 Å². The van der Waals surface area contributed by atoms with Crippen LogP contribution in [0.15, 0.2) is 35.9 Å². The number of benzene rings is 1. The highest BCUT2D eigenvalue weighted by atomic mass is 32.1. The number of carbonyl (C=O) groups is 1. The van der Waals surface area contributed by atoms with Crippen molar-refractivity contribution in [3.63, 3.8) is 0 Å². The number of carboxylic acid groups (broad SMARTS) is 1. The van der Waals surface area contributed by atoms with E-state index in [4.69, 9.17) is 10.2 Å². The number of carboxylic acids is 1. The van der Waals surface area contributed by atoms with Gasteiger partial charge in [-0.2, -0.15) is 40.5 Å². The highest BCUT2D eigenvalue weighted by Gasteiger charge is 2.36. The van der Waals surface area contributed by atoms with E-state index in [2.05, 4.69) is 5.32 Å². The summed E-state index contributed by atoms with van der Waals surface area (Å²) in [5, 5.41) is 50.3. The molecular formula is C15H25NO6S3. The lowest BCUT2D eigenvalue weighted by Gasteiger charge is -2.34. The standard InChI is InChI=1S/C15H19NO6.3H2S/c17-7-10-5-11(13(19)14(20)12(10)18)16-6-8-1-3-9(4-2-8)15(21)22;;;/h1-5,11-14,16-20H,6-7H2,(H,21,22);3*1H2/t11-,12+,13-,14?;;;/m0.../s1. The zero-order chi connectivity index (χ0) is 16.3. The molecule has 1 aromatic rings. The van der Waals surface area contributed by atoms with Gasteiger partial charge in [0.15, 0.2) is 0 Å². The number of aliphatic hydroxyl groups excluding tert-OH is 4. The Balaban J connectivity index is 0. The second-order valence-corrected chi connectivity index (χ2v) is 5.23. The Hall–Kier alpha value is -0.720. The fraction of sp³-hybridized carbons (Fsp3) is 0.400. The first-order valence-corrected chi connectivity index (χ1v) is 6.85. The van der Waals surface area contributed by atoms with Gasteiger partial charge < -0.3 is 30.8 Å². The van der Waals surface area contributed by atoms with E-state index in [0.717, 1.165) is 5.56 Å². The van der Waals surface area contributed by atoms with Gasteiger partial charge in [0.1, 0.15) is 18.3 Å². The topological polar surface area (TPSA) is 130 Å².